The Labute approximate surface area is 244 Å². The fourth-order valence-electron chi connectivity index (χ4n) is 5.12. The number of hydrogen-bond acceptors (Lipinski definition) is 8. The van der Waals surface area contributed by atoms with Crippen LogP contribution in [-0.4, -0.2) is 89.8 Å². The predicted molar refractivity (Wildman–Crippen MR) is 161 cm³/mol. The number of nitrogens with zero attached hydrogens (tertiary/aromatic N) is 10. The van der Waals surface area contributed by atoms with Gasteiger partial charge in [0.1, 0.15) is 6.54 Å². The van der Waals surface area contributed by atoms with E-state index in [-0.39, 0.29) is 12.5 Å². The maximum absolute atomic E-state index is 12.1. The third-order valence-electron chi connectivity index (χ3n) is 7.43. The Morgan fingerprint density at radius 3 is 2.50 bits per heavy atom. The Morgan fingerprint density at radius 2 is 1.74 bits per heavy atom. The van der Waals surface area contributed by atoms with Crippen molar-refractivity contribution < 1.29 is 4.79 Å². The fourth-order valence-corrected chi connectivity index (χ4v) is 5.12. The number of carbonyl (C=O) groups is 1. The highest BCUT2D eigenvalue weighted by molar-refractivity contribution is 5.85. The van der Waals surface area contributed by atoms with Gasteiger partial charge in [-0.1, -0.05) is 24.3 Å². The summed E-state index contributed by atoms with van der Waals surface area (Å²) in [5, 5.41) is 17.1. The van der Waals surface area contributed by atoms with Crippen LogP contribution in [0.15, 0.2) is 55.1 Å². The smallest absolute Gasteiger partial charge is 0.243 e. The summed E-state index contributed by atoms with van der Waals surface area (Å²) in [7, 11) is 9.56. The van der Waals surface area contributed by atoms with Crippen LogP contribution in [0, 0.1) is 0 Å². The van der Waals surface area contributed by atoms with Gasteiger partial charge in [0.2, 0.25) is 11.9 Å². The Hall–Kier alpha value is -4.84. The van der Waals surface area contributed by atoms with Crippen molar-refractivity contribution in [2.24, 2.45) is 7.05 Å². The molecule has 12 heteroatoms. The van der Waals surface area contributed by atoms with Gasteiger partial charge in [0.05, 0.1) is 29.8 Å². The second-order valence-electron chi connectivity index (χ2n) is 11.0. The maximum atomic E-state index is 12.1. The molecule has 42 heavy (non-hydrogen) atoms. The van der Waals surface area contributed by atoms with E-state index < -0.39 is 0 Å². The molecule has 0 radical (unpaired) electrons. The minimum atomic E-state index is -0.00176. The van der Waals surface area contributed by atoms with E-state index >= 15 is 0 Å². The number of benzene rings is 1. The van der Waals surface area contributed by atoms with Crippen LogP contribution in [-0.2, 0) is 37.8 Å². The lowest BCUT2D eigenvalue weighted by Gasteiger charge is -2.17. The average molecular weight is 566 g/mol. The molecule has 1 aliphatic rings. The van der Waals surface area contributed by atoms with Gasteiger partial charge in [-0.05, 0) is 38.1 Å². The molecule has 0 saturated heterocycles. The van der Waals surface area contributed by atoms with E-state index in [1.54, 1.807) is 29.9 Å². The van der Waals surface area contributed by atoms with Gasteiger partial charge in [-0.25, -0.2) is 9.97 Å². The Balaban J connectivity index is 1.26. The zero-order valence-corrected chi connectivity index (χ0v) is 24.6. The number of aryl methyl sites for hydroxylation is 3. The zero-order chi connectivity index (χ0) is 29.4. The van der Waals surface area contributed by atoms with E-state index in [9.17, 15) is 4.79 Å². The number of fused-ring (bicyclic) bond motifs is 3. The van der Waals surface area contributed by atoms with Gasteiger partial charge in [0.15, 0.2) is 5.82 Å². The molecule has 1 aromatic carbocycles. The molecule has 6 rings (SSSR count). The molecule has 4 heterocycles. The van der Waals surface area contributed by atoms with Gasteiger partial charge in [0, 0.05) is 69.0 Å². The third kappa shape index (κ3) is 5.53. The monoisotopic (exact) mass is 565 g/mol. The number of anilines is 2. The van der Waals surface area contributed by atoms with Gasteiger partial charge in [0.25, 0.3) is 0 Å². The molecule has 1 amide bonds. The van der Waals surface area contributed by atoms with Gasteiger partial charge in [-0.15, -0.1) is 0 Å². The number of amides is 1. The number of aromatic nitrogens is 8. The molecule has 0 atom stereocenters. The van der Waals surface area contributed by atoms with Crippen LogP contribution in [0.1, 0.15) is 11.3 Å². The first-order chi connectivity index (χ1) is 20.2. The van der Waals surface area contributed by atoms with Crippen LogP contribution in [0.5, 0.6) is 0 Å². The summed E-state index contributed by atoms with van der Waals surface area (Å²) in [6.07, 6.45) is 9.24. The molecule has 0 saturated carbocycles. The molecular weight excluding hydrogens is 530 g/mol. The van der Waals surface area contributed by atoms with Gasteiger partial charge in [-0.3, -0.25) is 18.8 Å². The molecule has 0 bridgehead atoms. The lowest BCUT2D eigenvalue weighted by molar-refractivity contribution is -0.129. The van der Waals surface area contributed by atoms with E-state index in [0.29, 0.717) is 11.8 Å². The van der Waals surface area contributed by atoms with Crippen LogP contribution in [0.4, 0.5) is 11.8 Å². The summed E-state index contributed by atoms with van der Waals surface area (Å²) in [4.78, 5) is 25.3. The third-order valence-corrected chi connectivity index (χ3v) is 7.43. The molecule has 5 aromatic rings. The molecular formula is C30H35N11O. The summed E-state index contributed by atoms with van der Waals surface area (Å²) in [5.74, 6) is 1.22. The number of carbonyl (C=O) groups excluding carboxylic acids is 1. The number of nitrogens with one attached hydrogen (secondary N) is 1. The van der Waals surface area contributed by atoms with Crippen LogP contribution < -0.4 is 5.32 Å². The molecule has 4 aromatic heterocycles. The maximum Gasteiger partial charge on any atom is 0.243 e. The molecule has 0 fully saturated rings. The summed E-state index contributed by atoms with van der Waals surface area (Å²) in [6.45, 7) is 1.92. The Morgan fingerprint density at radius 1 is 0.952 bits per heavy atom. The zero-order valence-electron chi connectivity index (χ0n) is 24.6. The van der Waals surface area contributed by atoms with Crippen LogP contribution in [0.2, 0.25) is 0 Å². The minimum Gasteiger partial charge on any atom is -0.347 e. The first-order valence-corrected chi connectivity index (χ1v) is 14.0. The first kappa shape index (κ1) is 27.3. The van der Waals surface area contributed by atoms with Gasteiger partial charge >= 0.3 is 0 Å². The average Bonchev–Trinajstić information content (AvgIpc) is 3.70. The highest BCUT2D eigenvalue weighted by Crippen LogP contribution is 2.40. The Bertz CT molecular complexity index is 1730. The van der Waals surface area contributed by atoms with Crippen molar-refractivity contribution in [1.29, 1.82) is 0 Å². The number of likely N-dealkylation sites (N-methyl/N-ethyl adjacent to an activating group) is 2. The molecule has 1 N–H and O–H groups in total. The summed E-state index contributed by atoms with van der Waals surface area (Å²) >= 11 is 0. The van der Waals surface area contributed by atoms with Crippen molar-refractivity contribution in [3.63, 3.8) is 0 Å². The van der Waals surface area contributed by atoms with Crippen LogP contribution >= 0.6 is 0 Å². The topological polar surface area (TPSA) is 115 Å². The molecule has 0 spiro atoms. The lowest BCUT2D eigenvalue weighted by Crippen LogP contribution is -2.26. The number of rotatable bonds is 9. The van der Waals surface area contributed by atoms with Gasteiger partial charge in [-0.2, -0.15) is 15.3 Å². The highest BCUT2D eigenvalue weighted by atomic mass is 16.2. The first-order valence-electron chi connectivity index (χ1n) is 14.0. The van der Waals surface area contributed by atoms with E-state index in [4.69, 9.17) is 10.1 Å². The van der Waals surface area contributed by atoms with Crippen molar-refractivity contribution in [2.75, 3.05) is 40.1 Å². The SMILES string of the molecule is CN(C)CCn1ccc(Nc2ncc3c(n2)-c2c(nn(C)c2-c2ccc(-c4cnn(CC(=O)N(C)C)c4)cc2)CC3)n1. The van der Waals surface area contributed by atoms with E-state index in [0.717, 1.165) is 70.8 Å². The van der Waals surface area contributed by atoms with Crippen molar-refractivity contribution in [3.8, 4) is 33.6 Å². The second kappa shape index (κ2) is 11.2. The minimum absolute atomic E-state index is 0.00176. The predicted octanol–water partition coefficient (Wildman–Crippen LogP) is 3.10. The van der Waals surface area contributed by atoms with Crippen molar-refractivity contribution in [2.45, 2.75) is 25.9 Å². The standard InChI is InChI=1S/C30H35N11O/c1-37(2)14-15-40-13-12-25(36-40)33-30-31-16-22-10-11-24-27(28(22)34-30)29(39(5)35-24)21-8-6-20(7-9-21)23-17-32-41(18-23)19-26(42)38(3)4/h6-9,12-13,16-18H,10-11,14-15,19H2,1-5H3,(H,31,33,34,36). The summed E-state index contributed by atoms with van der Waals surface area (Å²) in [6, 6.07) is 10.3. The van der Waals surface area contributed by atoms with E-state index in [1.165, 1.54) is 0 Å². The normalized spacial score (nSPS) is 12.3. The Kier molecular flexibility index (Phi) is 7.29. The van der Waals surface area contributed by atoms with E-state index in [1.807, 2.05) is 55.2 Å². The highest BCUT2D eigenvalue weighted by Gasteiger charge is 2.27. The molecule has 0 unspecified atom stereocenters. The van der Waals surface area contributed by atoms with Crippen LogP contribution in [0.25, 0.3) is 33.6 Å². The van der Waals surface area contributed by atoms with Crippen molar-refractivity contribution in [1.82, 2.24) is 49.1 Å². The molecule has 12 nitrogen and oxygen atoms in total. The lowest BCUT2D eigenvalue weighted by atomic mass is 9.91. The quantitative estimate of drug-likeness (QED) is 0.290. The van der Waals surface area contributed by atoms with Crippen molar-refractivity contribution in [3.05, 3.63) is 66.4 Å². The second-order valence-corrected chi connectivity index (χ2v) is 11.0. The fraction of sp³-hybridized carbons (Fsp3) is 0.333. The van der Waals surface area contributed by atoms with Crippen LogP contribution in [0.3, 0.4) is 0 Å². The van der Waals surface area contributed by atoms with Gasteiger partial charge < -0.3 is 15.1 Å². The summed E-state index contributed by atoms with van der Waals surface area (Å²) < 4.78 is 5.52. The van der Waals surface area contributed by atoms with Crippen molar-refractivity contribution >= 4 is 17.7 Å². The molecule has 0 aliphatic heterocycles. The molecule has 1 aliphatic carbocycles. The van der Waals surface area contributed by atoms with E-state index in [2.05, 4.69) is 49.7 Å². The summed E-state index contributed by atoms with van der Waals surface area (Å²) in [5.41, 5.74) is 8.13. The largest absolute Gasteiger partial charge is 0.347 e. The molecule has 216 valence electrons. The number of hydrogen-bond donors (Lipinski definition) is 1.